The summed E-state index contributed by atoms with van der Waals surface area (Å²) in [5, 5.41) is 4.24. The molecule has 1 N–H and O–H groups in total. The van der Waals surface area contributed by atoms with Crippen LogP contribution in [0.4, 0.5) is 0 Å². The minimum atomic E-state index is -0.159. The lowest BCUT2D eigenvalue weighted by Gasteiger charge is -2.14. The number of hydrogen-bond acceptors (Lipinski definition) is 3. The van der Waals surface area contributed by atoms with E-state index in [1.807, 2.05) is 30.3 Å². The van der Waals surface area contributed by atoms with E-state index in [-0.39, 0.29) is 11.5 Å². The van der Waals surface area contributed by atoms with E-state index < -0.39 is 0 Å². The highest BCUT2D eigenvalue weighted by atomic mass is 16.2. The summed E-state index contributed by atoms with van der Waals surface area (Å²) in [6.45, 7) is 5.22. The SMILES string of the molecule is CC(C)Cn1cc(C(=O)NCCc2ccncc2)c2ccccc2c1=O. The van der Waals surface area contributed by atoms with E-state index in [0.29, 0.717) is 35.3 Å². The van der Waals surface area contributed by atoms with Crippen LogP contribution >= 0.6 is 0 Å². The molecule has 0 spiro atoms. The molecule has 0 atom stereocenters. The zero-order valence-corrected chi connectivity index (χ0v) is 15.1. The van der Waals surface area contributed by atoms with Gasteiger partial charge in [0.15, 0.2) is 0 Å². The van der Waals surface area contributed by atoms with E-state index >= 15 is 0 Å². The normalized spacial score (nSPS) is 11.0. The van der Waals surface area contributed by atoms with Crippen molar-refractivity contribution in [3.63, 3.8) is 0 Å². The molecule has 0 saturated heterocycles. The van der Waals surface area contributed by atoms with Gasteiger partial charge in [0.2, 0.25) is 0 Å². The van der Waals surface area contributed by atoms with E-state index in [4.69, 9.17) is 0 Å². The molecule has 1 amide bonds. The Balaban J connectivity index is 1.86. The van der Waals surface area contributed by atoms with Gasteiger partial charge in [0.05, 0.1) is 5.56 Å². The van der Waals surface area contributed by atoms with Gasteiger partial charge in [0.1, 0.15) is 0 Å². The van der Waals surface area contributed by atoms with Gasteiger partial charge in [-0.2, -0.15) is 0 Å². The van der Waals surface area contributed by atoms with E-state index in [2.05, 4.69) is 24.1 Å². The summed E-state index contributed by atoms with van der Waals surface area (Å²) in [6.07, 6.45) is 5.91. The van der Waals surface area contributed by atoms with Crippen LogP contribution in [-0.2, 0) is 13.0 Å². The topological polar surface area (TPSA) is 64.0 Å². The third-order valence-corrected chi connectivity index (χ3v) is 4.25. The molecule has 0 aliphatic carbocycles. The monoisotopic (exact) mass is 349 g/mol. The van der Waals surface area contributed by atoms with Crippen molar-refractivity contribution in [1.82, 2.24) is 14.9 Å². The van der Waals surface area contributed by atoms with Gasteiger partial charge < -0.3 is 9.88 Å². The quantitative estimate of drug-likeness (QED) is 0.744. The standard InChI is InChI=1S/C21H23N3O2/c1-15(2)13-24-14-19(17-5-3-4-6-18(17)21(24)26)20(25)23-12-9-16-7-10-22-11-8-16/h3-8,10-11,14-15H,9,12-13H2,1-2H3,(H,23,25). The number of carbonyl (C=O) groups excluding carboxylic acids is 1. The van der Waals surface area contributed by atoms with Crippen molar-refractivity contribution in [2.24, 2.45) is 5.92 Å². The predicted molar refractivity (Wildman–Crippen MR) is 103 cm³/mol. The van der Waals surface area contributed by atoms with Crippen LogP contribution in [0.15, 0.2) is 59.8 Å². The average Bonchev–Trinajstić information content (AvgIpc) is 2.64. The van der Waals surface area contributed by atoms with Gasteiger partial charge in [-0.3, -0.25) is 14.6 Å². The van der Waals surface area contributed by atoms with Crippen LogP contribution in [0.3, 0.4) is 0 Å². The molecule has 5 heteroatoms. The summed E-state index contributed by atoms with van der Waals surface area (Å²) in [7, 11) is 0. The maximum Gasteiger partial charge on any atom is 0.258 e. The van der Waals surface area contributed by atoms with Crippen molar-refractivity contribution in [3.8, 4) is 0 Å². The second-order valence-corrected chi connectivity index (χ2v) is 6.80. The Morgan fingerprint density at radius 2 is 1.81 bits per heavy atom. The molecule has 0 saturated carbocycles. The molecular formula is C21H23N3O2. The molecular weight excluding hydrogens is 326 g/mol. The van der Waals surface area contributed by atoms with Gasteiger partial charge in [0, 0.05) is 42.5 Å². The lowest BCUT2D eigenvalue weighted by molar-refractivity contribution is 0.0955. The minimum Gasteiger partial charge on any atom is -0.352 e. The molecule has 0 aliphatic heterocycles. The van der Waals surface area contributed by atoms with Crippen LogP contribution in [0.5, 0.6) is 0 Å². The third kappa shape index (κ3) is 3.99. The van der Waals surface area contributed by atoms with Crippen molar-refractivity contribution < 1.29 is 4.79 Å². The zero-order valence-electron chi connectivity index (χ0n) is 15.1. The van der Waals surface area contributed by atoms with Crippen molar-refractivity contribution in [3.05, 3.63) is 76.5 Å². The summed E-state index contributed by atoms with van der Waals surface area (Å²) in [6, 6.07) is 11.2. The Kier molecular flexibility index (Phi) is 5.46. The Morgan fingerprint density at radius 3 is 2.50 bits per heavy atom. The fraction of sp³-hybridized carbons (Fsp3) is 0.286. The van der Waals surface area contributed by atoms with Crippen LogP contribution in [0.1, 0.15) is 29.8 Å². The lowest BCUT2D eigenvalue weighted by atomic mass is 10.1. The minimum absolute atomic E-state index is 0.0531. The Labute approximate surface area is 152 Å². The number of carbonyl (C=O) groups is 1. The highest BCUT2D eigenvalue weighted by Gasteiger charge is 2.14. The van der Waals surface area contributed by atoms with Gasteiger partial charge in [0.25, 0.3) is 11.5 Å². The first-order valence-electron chi connectivity index (χ1n) is 8.85. The van der Waals surface area contributed by atoms with Crippen LogP contribution in [0.2, 0.25) is 0 Å². The van der Waals surface area contributed by atoms with Gasteiger partial charge in [-0.1, -0.05) is 32.0 Å². The molecule has 5 nitrogen and oxygen atoms in total. The average molecular weight is 349 g/mol. The largest absolute Gasteiger partial charge is 0.352 e. The molecule has 1 aromatic carbocycles. The lowest BCUT2D eigenvalue weighted by Crippen LogP contribution is -2.29. The number of aromatic nitrogens is 2. The second-order valence-electron chi connectivity index (χ2n) is 6.80. The van der Waals surface area contributed by atoms with E-state index in [1.54, 1.807) is 29.2 Å². The maximum atomic E-state index is 12.8. The van der Waals surface area contributed by atoms with E-state index in [0.717, 1.165) is 12.0 Å². The van der Waals surface area contributed by atoms with Gasteiger partial charge in [-0.25, -0.2) is 0 Å². The zero-order chi connectivity index (χ0) is 18.5. The number of nitrogens with zero attached hydrogens (tertiary/aromatic N) is 2. The number of nitrogens with one attached hydrogen (secondary N) is 1. The summed E-state index contributed by atoms with van der Waals surface area (Å²) in [5.74, 6) is 0.157. The summed E-state index contributed by atoms with van der Waals surface area (Å²) >= 11 is 0. The van der Waals surface area contributed by atoms with Crippen molar-refractivity contribution in [1.29, 1.82) is 0 Å². The Morgan fingerprint density at radius 1 is 1.12 bits per heavy atom. The molecule has 134 valence electrons. The van der Waals surface area contributed by atoms with Gasteiger partial charge in [-0.15, -0.1) is 0 Å². The van der Waals surface area contributed by atoms with E-state index in [9.17, 15) is 9.59 Å². The first-order chi connectivity index (χ1) is 12.6. The molecule has 3 rings (SSSR count). The molecule has 2 heterocycles. The first kappa shape index (κ1) is 17.9. The number of pyridine rings is 2. The van der Waals surface area contributed by atoms with Crippen LogP contribution in [-0.4, -0.2) is 22.0 Å². The number of fused-ring (bicyclic) bond motifs is 1. The van der Waals surface area contributed by atoms with Crippen LogP contribution in [0, 0.1) is 5.92 Å². The maximum absolute atomic E-state index is 12.8. The first-order valence-corrected chi connectivity index (χ1v) is 8.85. The summed E-state index contributed by atoms with van der Waals surface area (Å²) < 4.78 is 1.64. The summed E-state index contributed by atoms with van der Waals surface area (Å²) in [4.78, 5) is 29.4. The highest BCUT2D eigenvalue weighted by molar-refractivity contribution is 6.06. The highest BCUT2D eigenvalue weighted by Crippen LogP contribution is 2.16. The number of benzene rings is 1. The van der Waals surface area contributed by atoms with Crippen LogP contribution < -0.4 is 10.9 Å². The molecule has 3 aromatic rings. The smallest absolute Gasteiger partial charge is 0.258 e. The number of hydrogen-bond donors (Lipinski definition) is 1. The number of rotatable bonds is 6. The molecule has 2 aromatic heterocycles. The van der Waals surface area contributed by atoms with Crippen LogP contribution in [0.25, 0.3) is 10.8 Å². The Bertz CT molecular complexity index is 962. The molecule has 0 unspecified atom stereocenters. The predicted octanol–water partition coefficient (Wildman–Crippen LogP) is 3.03. The second kappa shape index (κ2) is 7.95. The molecule has 26 heavy (non-hydrogen) atoms. The molecule has 0 fully saturated rings. The Hall–Kier alpha value is -2.95. The molecule has 0 aliphatic rings. The van der Waals surface area contributed by atoms with Crippen molar-refractivity contribution in [2.75, 3.05) is 6.54 Å². The fourth-order valence-corrected chi connectivity index (χ4v) is 3.02. The van der Waals surface area contributed by atoms with Crippen molar-refractivity contribution in [2.45, 2.75) is 26.8 Å². The molecule has 0 bridgehead atoms. The number of amides is 1. The molecule has 0 radical (unpaired) electrons. The summed E-state index contributed by atoms with van der Waals surface area (Å²) in [5.41, 5.74) is 1.60. The fourth-order valence-electron chi connectivity index (χ4n) is 3.02. The third-order valence-electron chi connectivity index (χ3n) is 4.25. The van der Waals surface area contributed by atoms with Crippen molar-refractivity contribution >= 4 is 16.7 Å². The van der Waals surface area contributed by atoms with E-state index in [1.165, 1.54) is 0 Å². The van der Waals surface area contributed by atoms with Gasteiger partial charge in [-0.05, 0) is 36.1 Å². The van der Waals surface area contributed by atoms with Gasteiger partial charge >= 0.3 is 0 Å².